The number of amides is 1. The maximum absolute atomic E-state index is 12.0. The Balaban J connectivity index is 2.68. The molecule has 1 aromatic carbocycles. The number of carbonyl (C=O) groups excluding carboxylic acids is 1. The summed E-state index contributed by atoms with van der Waals surface area (Å²) in [6.07, 6.45) is 0.308. The largest absolute Gasteiger partial charge is 0.480 e. The fraction of sp³-hybridized carbons (Fsp3) is 0.500. The van der Waals surface area contributed by atoms with Crippen LogP contribution in [0.3, 0.4) is 0 Å². The van der Waals surface area contributed by atoms with Crippen LogP contribution in [0.1, 0.15) is 32.8 Å². The Morgan fingerprint density at radius 3 is 2.29 bits per heavy atom. The van der Waals surface area contributed by atoms with Gasteiger partial charge >= 0.3 is 12.1 Å². The molecule has 1 atom stereocenters. The van der Waals surface area contributed by atoms with Gasteiger partial charge in [0.05, 0.1) is 0 Å². The van der Waals surface area contributed by atoms with E-state index in [1.165, 1.54) is 7.05 Å². The van der Waals surface area contributed by atoms with Gasteiger partial charge in [0.1, 0.15) is 11.6 Å². The van der Waals surface area contributed by atoms with Crippen molar-refractivity contribution in [3.63, 3.8) is 0 Å². The molecule has 0 spiro atoms. The summed E-state index contributed by atoms with van der Waals surface area (Å²) in [5.74, 6) is -1.03. The van der Waals surface area contributed by atoms with E-state index in [-0.39, 0.29) is 0 Å². The molecule has 0 bridgehead atoms. The van der Waals surface area contributed by atoms with Crippen molar-refractivity contribution >= 4 is 12.1 Å². The Labute approximate surface area is 125 Å². The minimum absolute atomic E-state index is 0.342. The van der Waals surface area contributed by atoms with Gasteiger partial charge in [-0.3, -0.25) is 4.90 Å². The zero-order chi connectivity index (χ0) is 16.0. The van der Waals surface area contributed by atoms with E-state index in [9.17, 15) is 14.7 Å². The van der Waals surface area contributed by atoms with Crippen LogP contribution in [0.5, 0.6) is 0 Å². The first-order valence-corrected chi connectivity index (χ1v) is 6.93. The molecule has 1 rings (SSSR count). The Morgan fingerprint density at radius 2 is 1.81 bits per heavy atom. The van der Waals surface area contributed by atoms with E-state index in [2.05, 4.69) is 0 Å². The van der Waals surface area contributed by atoms with Crippen molar-refractivity contribution in [3.8, 4) is 0 Å². The number of benzene rings is 1. The molecular formula is C16H23NO4. The topological polar surface area (TPSA) is 66.8 Å². The number of hydrogen-bond acceptors (Lipinski definition) is 3. The summed E-state index contributed by atoms with van der Waals surface area (Å²) in [6.45, 7) is 5.25. The average molecular weight is 293 g/mol. The number of ether oxygens (including phenoxy) is 1. The Hall–Kier alpha value is -2.04. The minimum atomic E-state index is -1.03. The van der Waals surface area contributed by atoms with Crippen molar-refractivity contribution in [3.05, 3.63) is 35.9 Å². The fourth-order valence-electron chi connectivity index (χ4n) is 1.89. The number of likely N-dealkylation sites (N-methyl/N-ethyl adjacent to an activating group) is 1. The molecule has 0 aliphatic carbocycles. The molecule has 0 saturated heterocycles. The van der Waals surface area contributed by atoms with E-state index in [1.807, 2.05) is 30.3 Å². The zero-order valence-corrected chi connectivity index (χ0v) is 13.0. The summed E-state index contributed by atoms with van der Waals surface area (Å²) >= 11 is 0. The summed E-state index contributed by atoms with van der Waals surface area (Å²) in [7, 11) is 1.46. The van der Waals surface area contributed by atoms with E-state index in [4.69, 9.17) is 4.74 Å². The molecule has 0 aliphatic heterocycles. The Kier molecular flexibility index (Phi) is 5.76. The molecule has 5 nitrogen and oxygen atoms in total. The molecule has 0 unspecified atom stereocenters. The van der Waals surface area contributed by atoms with Gasteiger partial charge in [0.2, 0.25) is 0 Å². The third kappa shape index (κ3) is 5.85. The van der Waals surface area contributed by atoms with Crippen LogP contribution in [0.4, 0.5) is 4.79 Å². The third-order valence-corrected chi connectivity index (χ3v) is 2.98. The maximum Gasteiger partial charge on any atom is 0.410 e. The lowest BCUT2D eigenvalue weighted by atomic mass is 10.0. The SMILES string of the molecule is CN(C(=O)OC(C)(C)C)[C@H](CCc1ccccc1)C(=O)O. The van der Waals surface area contributed by atoms with Gasteiger partial charge in [-0.25, -0.2) is 9.59 Å². The third-order valence-electron chi connectivity index (χ3n) is 2.98. The first-order valence-electron chi connectivity index (χ1n) is 6.93. The number of carbonyl (C=O) groups is 2. The maximum atomic E-state index is 12.0. The first kappa shape index (κ1) is 17.0. The van der Waals surface area contributed by atoms with Crippen molar-refractivity contribution in [2.24, 2.45) is 0 Å². The lowest BCUT2D eigenvalue weighted by molar-refractivity contribution is -0.142. The molecule has 5 heteroatoms. The number of nitrogens with zero attached hydrogens (tertiary/aromatic N) is 1. The molecule has 0 fully saturated rings. The van der Waals surface area contributed by atoms with E-state index in [0.717, 1.165) is 10.5 Å². The van der Waals surface area contributed by atoms with Gasteiger partial charge in [0, 0.05) is 7.05 Å². The highest BCUT2D eigenvalue weighted by Crippen LogP contribution is 2.14. The first-order chi connectivity index (χ1) is 9.70. The lowest BCUT2D eigenvalue weighted by Crippen LogP contribution is -2.45. The van der Waals surface area contributed by atoms with Crippen LogP contribution >= 0.6 is 0 Å². The molecule has 1 amide bonds. The van der Waals surface area contributed by atoms with Crippen molar-refractivity contribution in [1.82, 2.24) is 4.90 Å². The molecule has 1 N–H and O–H groups in total. The standard InChI is InChI=1S/C16H23NO4/c1-16(2,3)21-15(20)17(4)13(14(18)19)11-10-12-8-6-5-7-9-12/h5-9,13H,10-11H2,1-4H3,(H,18,19)/t13-/m1/s1. The predicted octanol–water partition coefficient (Wildman–Crippen LogP) is 2.94. The zero-order valence-electron chi connectivity index (χ0n) is 13.0. The quantitative estimate of drug-likeness (QED) is 0.906. The Bertz CT molecular complexity index is 479. The summed E-state index contributed by atoms with van der Waals surface area (Å²) in [4.78, 5) is 24.5. The van der Waals surface area contributed by atoms with Gasteiger partial charge in [0.25, 0.3) is 0 Å². The number of rotatable bonds is 5. The number of aliphatic carboxylic acids is 1. The minimum Gasteiger partial charge on any atom is -0.480 e. The van der Waals surface area contributed by atoms with Crippen LogP contribution in [0.2, 0.25) is 0 Å². The molecule has 0 heterocycles. The van der Waals surface area contributed by atoms with E-state index in [1.54, 1.807) is 20.8 Å². The van der Waals surface area contributed by atoms with Gasteiger partial charge in [0.15, 0.2) is 0 Å². The molecule has 0 aromatic heterocycles. The molecule has 0 aliphatic rings. The number of aryl methyl sites for hydroxylation is 1. The van der Waals surface area contributed by atoms with Crippen molar-refractivity contribution in [2.45, 2.75) is 45.3 Å². The van der Waals surface area contributed by atoms with Gasteiger partial charge in [-0.2, -0.15) is 0 Å². The van der Waals surface area contributed by atoms with Crippen LogP contribution in [0.25, 0.3) is 0 Å². The van der Waals surface area contributed by atoms with Gasteiger partial charge in [-0.1, -0.05) is 30.3 Å². The molecule has 0 saturated carbocycles. The van der Waals surface area contributed by atoms with E-state index < -0.39 is 23.7 Å². The second-order valence-electron chi connectivity index (χ2n) is 5.97. The van der Waals surface area contributed by atoms with E-state index >= 15 is 0 Å². The van der Waals surface area contributed by atoms with Crippen LogP contribution in [0.15, 0.2) is 30.3 Å². The smallest absolute Gasteiger partial charge is 0.410 e. The molecular weight excluding hydrogens is 270 g/mol. The highest BCUT2D eigenvalue weighted by molar-refractivity contribution is 5.80. The van der Waals surface area contributed by atoms with Crippen molar-refractivity contribution in [1.29, 1.82) is 0 Å². The second-order valence-corrected chi connectivity index (χ2v) is 5.97. The predicted molar refractivity (Wildman–Crippen MR) is 80.2 cm³/mol. The molecule has 1 aromatic rings. The monoisotopic (exact) mass is 293 g/mol. The highest BCUT2D eigenvalue weighted by Gasteiger charge is 2.29. The molecule has 116 valence electrons. The van der Waals surface area contributed by atoms with Crippen LogP contribution < -0.4 is 0 Å². The summed E-state index contributed by atoms with van der Waals surface area (Å²) < 4.78 is 5.21. The molecule has 21 heavy (non-hydrogen) atoms. The number of hydrogen-bond donors (Lipinski definition) is 1. The van der Waals surface area contributed by atoms with Crippen molar-refractivity contribution < 1.29 is 19.4 Å². The number of carboxylic acids is 1. The normalized spacial score (nSPS) is 12.6. The summed E-state index contributed by atoms with van der Waals surface area (Å²) in [5.41, 5.74) is 0.398. The highest BCUT2D eigenvalue weighted by atomic mass is 16.6. The summed E-state index contributed by atoms with van der Waals surface area (Å²) in [5, 5.41) is 9.32. The molecule has 0 radical (unpaired) electrons. The van der Waals surface area contributed by atoms with Gasteiger partial charge in [-0.15, -0.1) is 0 Å². The van der Waals surface area contributed by atoms with Crippen molar-refractivity contribution in [2.75, 3.05) is 7.05 Å². The number of carboxylic acid groups (broad SMARTS) is 1. The Morgan fingerprint density at radius 1 is 1.24 bits per heavy atom. The van der Waals surface area contributed by atoms with Crippen LogP contribution in [-0.2, 0) is 16.0 Å². The van der Waals surface area contributed by atoms with Crippen LogP contribution in [0, 0.1) is 0 Å². The fourth-order valence-corrected chi connectivity index (χ4v) is 1.89. The lowest BCUT2D eigenvalue weighted by Gasteiger charge is -2.28. The average Bonchev–Trinajstić information content (AvgIpc) is 2.37. The second kappa shape index (κ2) is 7.11. The van der Waals surface area contributed by atoms with Gasteiger partial charge in [-0.05, 0) is 39.2 Å². The van der Waals surface area contributed by atoms with Crippen LogP contribution in [-0.4, -0.2) is 40.8 Å². The summed E-state index contributed by atoms with van der Waals surface area (Å²) in [6, 6.07) is 8.69. The van der Waals surface area contributed by atoms with Gasteiger partial charge < -0.3 is 9.84 Å². The van der Waals surface area contributed by atoms with E-state index in [0.29, 0.717) is 12.8 Å².